The first-order valence-electron chi connectivity index (χ1n) is 5.85. The minimum atomic E-state index is -3.47. The Balaban J connectivity index is 2.34. The summed E-state index contributed by atoms with van der Waals surface area (Å²) in [6.07, 6.45) is 2.86. The van der Waals surface area contributed by atoms with Gasteiger partial charge in [0.2, 0.25) is 15.1 Å². The molecular weight excluding hydrogens is 270 g/mol. The normalized spacial score (nSPS) is 17.6. The third-order valence-corrected chi connectivity index (χ3v) is 5.19. The van der Waals surface area contributed by atoms with E-state index in [1.54, 1.807) is 12.1 Å². The zero-order valence-electron chi connectivity index (χ0n) is 9.87. The van der Waals surface area contributed by atoms with Crippen molar-refractivity contribution in [1.29, 1.82) is 0 Å². The van der Waals surface area contributed by atoms with Gasteiger partial charge < -0.3 is 0 Å². The quantitative estimate of drug-likeness (QED) is 0.863. The molecule has 4 nitrogen and oxygen atoms in total. The average molecular weight is 285 g/mol. The van der Waals surface area contributed by atoms with Gasteiger partial charge in [0.25, 0.3) is 0 Å². The van der Waals surface area contributed by atoms with E-state index in [2.05, 4.69) is 12.6 Å². The summed E-state index contributed by atoms with van der Waals surface area (Å²) in [5.41, 5.74) is 0.302. The number of benzene rings is 1. The molecule has 0 saturated carbocycles. The fraction of sp³-hybridized carbons (Fsp3) is 0.417. The van der Waals surface area contributed by atoms with E-state index in [0.29, 0.717) is 18.7 Å². The number of rotatable bonds is 3. The molecule has 0 N–H and O–H groups in total. The molecule has 2 rings (SSSR count). The Morgan fingerprint density at radius 2 is 1.83 bits per heavy atom. The van der Waals surface area contributed by atoms with Crippen molar-refractivity contribution >= 4 is 27.8 Å². The van der Waals surface area contributed by atoms with Gasteiger partial charge in [0.05, 0.1) is 4.90 Å². The number of sulfonamides is 1. The van der Waals surface area contributed by atoms with Crippen molar-refractivity contribution in [2.45, 2.75) is 24.2 Å². The molecule has 0 unspecified atom stereocenters. The maximum atomic E-state index is 12.4. The van der Waals surface area contributed by atoms with Gasteiger partial charge in [-0.1, -0.05) is 18.6 Å². The lowest BCUT2D eigenvalue weighted by molar-refractivity contribution is 0.109. The van der Waals surface area contributed by atoms with Crippen LogP contribution in [0.15, 0.2) is 29.2 Å². The Hall–Kier alpha value is -0.850. The number of piperidine rings is 1. The van der Waals surface area contributed by atoms with Gasteiger partial charge in [-0.3, -0.25) is 4.79 Å². The minimum Gasteiger partial charge on any atom is -0.282 e. The molecule has 0 radical (unpaired) electrons. The van der Waals surface area contributed by atoms with Crippen LogP contribution < -0.4 is 0 Å². The molecule has 1 aliphatic rings. The third kappa shape index (κ3) is 2.76. The Bertz CT molecular complexity index is 548. The smallest absolute Gasteiger partial charge is 0.243 e. The zero-order chi connectivity index (χ0) is 13.2. The van der Waals surface area contributed by atoms with E-state index in [9.17, 15) is 13.2 Å². The van der Waals surface area contributed by atoms with Crippen LogP contribution in [0.4, 0.5) is 0 Å². The van der Waals surface area contributed by atoms with Crippen molar-refractivity contribution in [1.82, 2.24) is 4.31 Å². The van der Waals surface area contributed by atoms with E-state index >= 15 is 0 Å². The van der Waals surface area contributed by atoms with Crippen molar-refractivity contribution in [2.24, 2.45) is 0 Å². The summed E-state index contributed by atoms with van der Waals surface area (Å²) in [7, 11) is -3.47. The summed E-state index contributed by atoms with van der Waals surface area (Å²) in [6, 6.07) is 6.04. The lowest BCUT2D eigenvalue weighted by Gasteiger charge is -2.25. The molecule has 1 heterocycles. The van der Waals surface area contributed by atoms with E-state index in [4.69, 9.17) is 0 Å². The molecule has 6 heteroatoms. The number of carbonyl (C=O) groups is 1. The maximum absolute atomic E-state index is 12.4. The van der Waals surface area contributed by atoms with Gasteiger partial charge in [0, 0.05) is 18.7 Å². The molecule has 0 atom stereocenters. The van der Waals surface area contributed by atoms with Crippen LogP contribution in [0.25, 0.3) is 0 Å². The Labute approximate surface area is 112 Å². The SMILES string of the molecule is O=C(S)c1cccc(S(=O)(=O)N2CCCCC2)c1. The molecule has 98 valence electrons. The van der Waals surface area contributed by atoms with Crippen LogP contribution in [0.2, 0.25) is 0 Å². The van der Waals surface area contributed by atoms with Gasteiger partial charge in [-0.05, 0) is 25.0 Å². The van der Waals surface area contributed by atoms with E-state index in [1.807, 2.05) is 0 Å². The Morgan fingerprint density at radius 3 is 2.44 bits per heavy atom. The summed E-state index contributed by atoms with van der Waals surface area (Å²) >= 11 is 3.71. The monoisotopic (exact) mass is 285 g/mol. The largest absolute Gasteiger partial charge is 0.282 e. The molecule has 0 bridgehead atoms. The molecule has 0 aliphatic carbocycles. The highest BCUT2D eigenvalue weighted by Gasteiger charge is 2.26. The summed E-state index contributed by atoms with van der Waals surface area (Å²) in [5, 5.41) is -0.425. The number of thiol groups is 1. The predicted molar refractivity (Wildman–Crippen MR) is 72.4 cm³/mol. The van der Waals surface area contributed by atoms with Crippen LogP contribution in [0.5, 0.6) is 0 Å². The van der Waals surface area contributed by atoms with Crippen molar-refractivity contribution in [3.63, 3.8) is 0 Å². The number of hydrogen-bond acceptors (Lipinski definition) is 3. The van der Waals surface area contributed by atoms with Crippen LogP contribution in [0.1, 0.15) is 29.6 Å². The second-order valence-corrected chi connectivity index (χ2v) is 6.64. The summed E-state index contributed by atoms with van der Waals surface area (Å²) < 4.78 is 26.2. The molecular formula is C12H15NO3S2. The molecule has 0 amide bonds. The van der Waals surface area contributed by atoms with Crippen molar-refractivity contribution in [3.05, 3.63) is 29.8 Å². The second kappa shape index (κ2) is 5.42. The number of hydrogen-bond donors (Lipinski definition) is 1. The second-order valence-electron chi connectivity index (χ2n) is 4.30. The molecule has 1 fully saturated rings. The minimum absolute atomic E-state index is 0.171. The topological polar surface area (TPSA) is 54.5 Å². The first-order chi connectivity index (χ1) is 8.51. The summed E-state index contributed by atoms with van der Waals surface area (Å²) in [5.74, 6) is 0. The van der Waals surface area contributed by atoms with E-state index < -0.39 is 15.1 Å². The predicted octanol–water partition coefficient (Wildman–Crippen LogP) is 1.93. The van der Waals surface area contributed by atoms with E-state index in [1.165, 1.54) is 16.4 Å². The van der Waals surface area contributed by atoms with Gasteiger partial charge in [0.15, 0.2) is 0 Å². The van der Waals surface area contributed by atoms with Crippen LogP contribution in [-0.2, 0) is 10.0 Å². The highest BCUT2D eigenvalue weighted by Crippen LogP contribution is 2.21. The van der Waals surface area contributed by atoms with Gasteiger partial charge in [0.1, 0.15) is 0 Å². The highest BCUT2D eigenvalue weighted by atomic mass is 32.2. The maximum Gasteiger partial charge on any atom is 0.243 e. The first-order valence-corrected chi connectivity index (χ1v) is 7.74. The van der Waals surface area contributed by atoms with Crippen LogP contribution in [0.3, 0.4) is 0 Å². The average Bonchev–Trinajstić information content (AvgIpc) is 2.40. The Kier molecular flexibility index (Phi) is 4.09. The van der Waals surface area contributed by atoms with Crippen LogP contribution in [-0.4, -0.2) is 30.9 Å². The molecule has 1 aliphatic heterocycles. The molecule has 1 saturated heterocycles. The van der Waals surface area contributed by atoms with Gasteiger partial charge in [-0.25, -0.2) is 8.42 Å². The molecule has 18 heavy (non-hydrogen) atoms. The lowest BCUT2D eigenvalue weighted by Crippen LogP contribution is -2.35. The molecule has 1 aromatic rings. The van der Waals surface area contributed by atoms with Crippen LogP contribution >= 0.6 is 12.6 Å². The zero-order valence-corrected chi connectivity index (χ0v) is 11.6. The van der Waals surface area contributed by atoms with E-state index in [-0.39, 0.29) is 4.90 Å². The van der Waals surface area contributed by atoms with E-state index in [0.717, 1.165) is 19.3 Å². The van der Waals surface area contributed by atoms with Crippen LogP contribution in [0, 0.1) is 0 Å². The van der Waals surface area contributed by atoms with Gasteiger partial charge >= 0.3 is 0 Å². The fourth-order valence-corrected chi connectivity index (χ4v) is 3.75. The molecule has 1 aromatic carbocycles. The highest BCUT2D eigenvalue weighted by molar-refractivity contribution is 7.97. The fourth-order valence-electron chi connectivity index (χ4n) is 2.04. The molecule has 0 aromatic heterocycles. The Morgan fingerprint density at radius 1 is 1.17 bits per heavy atom. The van der Waals surface area contributed by atoms with Crippen molar-refractivity contribution in [2.75, 3.05) is 13.1 Å². The van der Waals surface area contributed by atoms with Gasteiger partial charge in [-0.2, -0.15) is 4.31 Å². The number of nitrogens with zero attached hydrogens (tertiary/aromatic N) is 1. The van der Waals surface area contributed by atoms with Gasteiger partial charge in [-0.15, -0.1) is 12.6 Å². The molecule has 0 spiro atoms. The van der Waals surface area contributed by atoms with Crippen molar-refractivity contribution in [3.8, 4) is 0 Å². The standard InChI is InChI=1S/C12H15NO3S2/c14-12(17)10-5-4-6-11(9-10)18(15,16)13-7-2-1-3-8-13/h4-6,9H,1-3,7-8H2,(H,14,17). The lowest BCUT2D eigenvalue weighted by atomic mass is 10.2. The summed E-state index contributed by atoms with van der Waals surface area (Å²) in [4.78, 5) is 11.3. The van der Waals surface area contributed by atoms with Crippen molar-refractivity contribution < 1.29 is 13.2 Å². The number of carbonyl (C=O) groups excluding carboxylic acids is 1. The first kappa shape index (κ1) is 13.6. The summed E-state index contributed by atoms with van der Waals surface area (Å²) in [6.45, 7) is 1.11. The third-order valence-electron chi connectivity index (χ3n) is 3.03.